The second kappa shape index (κ2) is 7.48. The van der Waals surface area contributed by atoms with Crippen LogP contribution in [0.25, 0.3) is 0 Å². The van der Waals surface area contributed by atoms with Crippen LogP contribution < -0.4 is 9.47 Å². The highest BCUT2D eigenvalue weighted by Gasteiger charge is 2.06. The Morgan fingerprint density at radius 1 is 1.05 bits per heavy atom. The summed E-state index contributed by atoms with van der Waals surface area (Å²) in [5.74, 6) is 0.996. The molecule has 21 heavy (non-hydrogen) atoms. The summed E-state index contributed by atoms with van der Waals surface area (Å²) >= 11 is 11.9. The van der Waals surface area contributed by atoms with Gasteiger partial charge in [-0.05, 0) is 36.8 Å². The standard InChI is InChI=1S/C15H14Cl2FNO2/c1-10-2-4-13(12(16)8-10)20-6-7-21-14-5-3-11(9-18)19-15(14)17/h2-5,8H,6-7,9H2,1H3. The molecule has 0 fully saturated rings. The summed E-state index contributed by atoms with van der Waals surface area (Å²) in [6.45, 7) is 1.88. The Hall–Kier alpha value is -1.52. The minimum absolute atomic E-state index is 0.138. The molecule has 0 N–H and O–H groups in total. The van der Waals surface area contributed by atoms with Crippen molar-refractivity contribution >= 4 is 23.2 Å². The molecule has 1 heterocycles. The van der Waals surface area contributed by atoms with Crippen LogP contribution in [0.15, 0.2) is 30.3 Å². The van der Waals surface area contributed by atoms with E-state index in [1.54, 1.807) is 6.07 Å². The van der Waals surface area contributed by atoms with E-state index in [0.29, 0.717) is 23.1 Å². The molecule has 0 saturated heterocycles. The number of aromatic nitrogens is 1. The summed E-state index contributed by atoms with van der Waals surface area (Å²) in [5.41, 5.74) is 1.34. The highest BCUT2D eigenvalue weighted by atomic mass is 35.5. The van der Waals surface area contributed by atoms with Crippen LogP contribution in [0.3, 0.4) is 0 Å². The van der Waals surface area contributed by atoms with Gasteiger partial charge in [0, 0.05) is 0 Å². The van der Waals surface area contributed by atoms with Gasteiger partial charge in [-0.3, -0.25) is 0 Å². The zero-order chi connectivity index (χ0) is 15.2. The molecule has 6 heteroatoms. The van der Waals surface area contributed by atoms with Crippen molar-refractivity contribution < 1.29 is 13.9 Å². The van der Waals surface area contributed by atoms with Gasteiger partial charge in [0.1, 0.15) is 25.6 Å². The molecule has 0 aliphatic rings. The van der Waals surface area contributed by atoms with E-state index in [1.807, 2.05) is 25.1 Å². The smallest absolute Gasteiger partial charge is 0.171 e. The first-order valence-corrected chi connectivity index (χ1v) is 7.09. The van der Waals surface area contributed by atoms with Crippen LogP contribution in [0.4, 0.5) is 4.39 Å². The first kappa shape index (κ1) is 15.9. The van der Waals surface area contributed by atoms with Gasteiger partial charge >= 0.3 is 0 Å². The second-order valence-corrected chi connectivity index (χ2v) is 5.12. The molecule has 0 saturated carbocycles. The van der Waals surface area contributed by atoms with E-state index in [0.717, 1.165) is 5.56 Å². The Kier molecular flexibility index (Phi) is 5.65. The van der Waals surface area contributed by atoms with Crippen molar-refractivity contribution in [3.63, 3.8) is 0 Å². The third-order valence-electron chi connectivity index (χ3n) is 2.69. The van der Waals surface area contributed by atoms with Crippen LogP contribution >= 0.6 is 23.2 Å². The van der Waals surface area contributed by atoms with E-state index >= 15 is 0 Å². The lowest BCUT2D eigenvalue weighted by Crippen LogP contribution is -2.09. The quantitative estimate of drug-likeness (QED) is 0.572. The van der Waals surface area contributed by atoms with Crippen LogP contribution in [0.2, 0.25) is 10.2 Å². The van der Waals surface area contributed by atoms with Gasteiger partial charge in [0.15, 0.2) is 10.9 Å². The third-order valence-corrected chi connectivity index (χ3v) is 3.26. The van der Waals surface area contributed by atoms with Crippen molar-refractivity contribution in [2.45, 2.75) is 13.6 Å². The van der Waals surface area contributed by atoms with Crippen LogP contribution in [0.1, 0.15) is 11.3 Å². The number of nitrogens with zero attached hydrogens (tertiary/aromatic N) is 1. The average molecular weight is 330 g/mol. The molecule has 2 rings (SSSR count). The maximum Gasteiger partial charge on any atom is 0.171 e. The first-order chi connectivity index (χ1) is 10.1. The molecule has 0 spiro atoms. The van der Waals surface area contributed by atoms with Gasteiger partial charge in [0.05, 0.1) is 10.7 Å². The first-order valence-electron chi connectivity index (χ1n) is 6.33. The summed E-state index contributed by atoms with van der Waals surface area (Å²) < 4.78 is 23.4. The molecule has 0 bridgehead atoms. The third kappa shape index (κ3) is 4.48. The lowest BCUT2D eigenvalue weighted by atomic mass is 10.2. The molecular formula is C15H14Cl2FNO2. The van der Waals surface area contributed by atoms with Crippen LogP contribution in [0.5, 0.6) is 11.5 Å². The fourth-order valence-corrected chi connectivity index (χ4v) is 2.18. The number of hydrogen-bond donors (Lipinski definition) is 0. The fourth-order valence-electron chi connectivity index (χ4n) is 1.67. The lowest BCUT2D eigenvalue weighted by molar-refractivity contribution is 0.216. The number of benzene rings is 1. The van der Waals surface area contributed by atoms with Crippen molar-refractivity contribution in [3.8, 4) is 11.5 Å². The highest BCUT2D eigenvalue weighted by molar-refractivity contribution is 6.32. The van der Waals surface area contributed by atoms with Gasteiger partial charge in [-0.25, -0.2) is 9.37 Å². The fraction of sp³-hybridized carbons (Fsp3) is 0.267. The summed E-state index contributed by atoms with van der Waals surface area (Å²) in [5, 5.41) is 0.695. The molecule has 0 aliphatic carbocycles. The topological polar surface area (TPSA) is 31.4 Å². The molecule has 112 valence electrons. The van der Waals surface area contributed by atoms with E-state index in [4.69, 9.17) is 32.7 Å². The Morgan fingerprint density at radius 2 is 1.71 bits per heavy atom. The Labute approximate surface area is 132 Å². The van der Waals surface area contributed by atoms with E-state index in [1.165, 1.54) is 6.07 Å². The SMILES string of the molecule is Cc1ccc(OCCOc2ccc(CF)nc2Cl)c(Cl)c1. The van der Waals surface area contributed by atoms with E-state index in [9.17, 15) is 4.39 Å². The maximum atomic E-state index is 12.4. The molecular weight excluding hydrogens is 316 g/mol. The van der Waals surface area contributed by atoms with E-state index in [-0.39, 0.29) is 17.5 Å². The number of ether oxygens (including phenoxy) is 2. The zero-order valence-electron chi connectivity index (χ0n) is 11.4. The molecule has 1 aromatic heterocycles. The number of aryl methyl sites for hydroxylation is 1. The van der Waals surface area contributed by atoms with Gasteiger partial charge < -0.3 is 9.47 Å². The number of pyridine rings is 1. The van der Waals surface area contributed by atoms with Crippen LogP contribution in [-0.4, -0.2) is 18.2 Å². The van der Waals surface area contributed by atoms with Crippen molar-refractivity contribution in [1.29, 1.82) is 0 Å². The molecule has 0 aliphatic heterocycles. The summed E-state index contributed by atoms with van der Waals surface area (Å²) in [7, 11) is 0. The summed E-state index contributed by atoms with van der Waals surface area (Å²) in [6, 6.07) is 8.66. The molecule has 0 amide bonds. The molecule has 3 nitrogen and oxygen atoms in total. The summed E-state index contributed by atoms with van der Waals surface area (Å²) in [6.07, 6.45) is 0. The molecule has 0 radical (unpaired) electrons. The van der Waals surface area contributed by atoms with Crippen molar-refractivity contribution in [2.24, 2.45) is 0 Å². The monoisotopic (exact) mass is 329 g/mol. The molecule has 0 unspecified atom stereocenters. The van der Waals surface area contributed by atoms with E-state index < -0.39 is 6.67 Å². The van der Waals surface area contributed by atoms with Gasteiger partial charge in [-0.1, -0.05) is 29.3 Å². The van der Waals surface area contributed by atoms with Gasteiger partial charge in [0.2, 0.25) is 0 Å². The lowest BCUT2D eigenvalue weighted by Gasteiger charge is -2.10. The Morgan fingerprint density at radius 3 is 2.33 bits per heavy atom. The number of alkyl halides is 1. The van der Waals surface area contributed by atoms with Crippen molar-refractivity contribution in [3.05, 3.63) is 51.8 Å². The zero-order valence-corrected chi connectivity index (χ0v) is 12.9. The Bertz CT molecular complexity index is 623. The highest BCUT2D eigenvalue weighted by Crippen LogP contribution is 2.25. The largest absolute Gasteiger partial charge is 0.488 e. The number of rotatable bonds is 6. The minimum atomic E-state index is -0.658. The molecule has 1 aromatic carbocycles. The van der Waals surface area contributed by atoms with Gasteiger partial charge in [-0.2, -0.15) is 0 Å². The Balaban J connectivity index is 1.84. The number of hydrogen-bond acceptors (Lipinski definition) is 3. The second-order valence-electron chi connectivity index (χ2n) is 4.36. The normalized spacial score (nSPS) is 10.5. The summed E-state index contributed by atoms with van der Waals surface area (Å²) in [4.78, 5) is 3.86. The molecule has 0 atom stereocenters. The predicted octanol–water partition coefficient (Wildman–Crippen LogP) is 4.62. The predicted molar refractivity (Wildman–Crippen MR) is 81.2 cm³/mol. The van der Waals surface area contributed by atoms with E-state index in [2.05, 4.69) is 4.98 Å². The van der Waals surface area contributed by atoms with Crippen LogP contribution in [0, 0.1) is 6.92 Å². The number of halogens is 3. The van der Waals surface area contributed by atoms with Crippen LogP contribution in [-0.2, 0) is 6.67 Å². The molecule has 2 aromatic rings. The van der Waals surface area contributed by atoms with Gasteiger partial charge in [0.25, 0.3) is 0 Å². The van der Waals surface area contributed by atoms with Gasteiger partial charge in [-0.15, -0.1) is 0 Å². The minimum Gasteiger partial charge on any atom is -0.488 e. The van der Waals surface area contributed by atoms with Crippen molar-refractivity contribution in [2.75, 3.05) is 13.2 Å². The average Bonchev–Trinajstić information content (AvgIpc) is 2.46. The maximum absolute atomic E-state index is 12.4. The van der Waals surface area contributed by atoms with Crippen molar-refractivity contribution in [1.82, 2.24) is 4.98 Å².